The smallest absolute Gasteiger partial charge is 0.105 e. The van der Waals surface area contributed by atoms with E-state index in [0.717, 1.165) is 17.7 Å². The van der Waals surface area contributed by atoms with Crippen molar-refractivity contribution in [2.24, 2.45) is 0 Å². The van der Waals surface area contributed by atoms with Crippen molar-refractivity contribution in [3.8, 4) is 0 Å². The third-order valence-electron chi connectivity index (χ3n) is 4.48. The summed E-state index contributed by atoms with van der Waals surface area (Å²) in [5.41, 5.74) is 2.16. The van der Waals surface area contributed by atoms with Gasteiger partial charge in [0.15, 0.2) is 0 Å². The first-order valence-electron chi connectivity index (χ1n) is 10.0. The van der Waals surface area contributed by atoms with Crippen molar-refractivity contribution in [1.82, 2.24) is 0 Å². The van der Waals surface area contributed by atoms with Gasteiger partial charge in [-0.05, 0) is 11.1 Å². The Balaban J connectivity index is 1.38. The SMILES string of the molecule is OC[C@H](COC[C@H](COCC1CO1)OCc1ccccc1)OCc1ccccc1. The Morgan fingerprint density at radius 2 is 1.31 bits per heavy atom. The van der Waals surface area contributed by atoms with Crippen LogP contribution in [0.1, 0.15) is 11.1 Å². The van der Waals surface area contributed by atoms with Gasteiger partial charge in [-0.1, -0.05) is 60.7 Å². The molecular weight excluding hydrogens is 372 g/mol. The van der Waals surface area contributed by atoms with Gasteiger partial charge in [0.2, 0.25) is 0 Å². The van der Waals surface area contributed by atoms with Crippen molar-refractivity contribution in [2.75, 3.05) is 39.6 Å². The molecule has 0 aliphatic carbocycles. The molecule has 6 nitrogen and oxygen atoms in total. The van der Waals surface area contributed by atoms with E-state index >= 15 is 0 Å². The summed E-state index contributed by atoms with van der Waals surface area (Å²) >= 11 is 0. The van der Waals surface area contributed by atoms with Gasteiger partial charge in [-0.15, -0.1) is 0 Å². The Labute approximate surface area is 172 Å². The third kappa shape index (κ3) is 9.04. The van der Waals surface area contributed by atoms with Gasteiger partial charge in [-0.2, -0.15) is 0 Å². The maximum atomic E-state index is 9.56. The van der Waals surface area contributed by atoms with Crippen LogP contribution in [0.25, 0.3) is 0 Å². The summed E-state index contributed by atoms with van der Waals surface area (Å²) < 4.78 is 28.4. The second kappa shape index (κ2) is 12.7. The normalized spacial score (nSPS) is 17.8. The summed E-state index contributed by atoms with van der Waals surface area (Å²) in [4.78, 5) is 0. The minimum Gasteiger partial charge on any atom is -0.394 e. The highest BCUT2D eigenvalue weighted by atomic mass is 16.6. The molecule has 0 bridgehead atoms. The van der Waals surface area contributed by atoms with Crippen LogP contribution in [0.2, 0.25) is 0 Å². The molecule has 3 rings (SSSR count). The van der Waals surface area contributed by atoms with Gasteiger partial charge in [0.05, 0.1) is 52.9 Å². The van der Waals surface area contributed by atoms with Crippen LogP contribution >= 0.6 is 0 Å². The summed E-state index contributed by atoms with van der Waals surface area (Å²) in [6.45, 7) is 3.26. The van der Waals surface area contributed by atoms with Gasteiger partial charge in [0, 0.05) is 0 Å². The fraction of sp³-hybridized carbons (Fsp3) is 0.478. The molecule has 29 heavy (non-hydrogen) atoms. The molecule has 0 spiro atoms. The van der Waals surface area contributed by atoms with E-state index in [1.54, 1.807) is 0 Å². The van der Waals surface area contributed by atoms with E-state index in [9.17, 15) is 5.11 Å². The predicted molar refractivity (Wildman–Crippen MR) is 109 cm³/mol. The fourth-order valence-electron chi connectivity index (χ4n) is 2.70. The van der Waals surface area contributed by atoms with Crippen LogP contribution in [0.5, 0.6) is 0 Å². The minimum absolute atomic E-state index is 0.0993. The zero-order valence-electron chi connectivity index (χ0n) is 16.7. The molecule has 1 unspecified atom stereocenters. The third-order valence-corrected chi connectivity index (χ3v) is 4.48. The lowest BCUT2D eigenvalue weighted by Crippen LogP contribution is -2.30. The molecule has 0 amide bonds. The van der Waals surface area contributed by atoms with E-state index in [1.165, 1.54) is 0 Å². The molecule has 1 fully saturated rings. The second-order valence-corrected chi connectivity index (χ2v) is 7.05. The first-order valence-corrected chi connectivity index (χ1v) is 10.0. The molecule has 6 heteroatoms. The number of epoxide rings is 1. The summed E-state index contributed by atoms with van der Waals surface area (Å²) in [6, 6.07) is 19.9. The predicted octanol–water partition coefficient (Wildman–Crippen LogP) is 2.58. The van der Waals surface area contributed by atoms with E-state index in [1.807, 2.05) is 60.7 Å². The van der Waals surface area contributed by atoms with Gasteiger partial charge < -0.3 is 28.8 Å². The quantitative estimate of drug-likeness (QED) is 0.462. The van der Waals surface area contributed by atoms with Crippen molar-refractivity contribution in [3.63, 3.8) is 0 Å². The van der Waals surface area contributed by atoms with E-state index < -0.39 is 0 Å². The van der Waals surface area contributed by atoms with E-state index in [-0.39, 0.29) is 24.9 Å². The van der Waals surface area contributed by atoms with E-state index in [4.69, 9.17) is 23.7 Å². The maximum Gasteiger partial charge on any atom is 0.105 e. The van der Waals surface area contributed by atoms with Gasteiger partial charge >= 0.3 is 0 Å². The summed E-state index contributed by atoms with van der Waals surface area (Å²) in [5.74, 6) is 0. The zero-order valence-corrected chi connectivity index (χ0v) is 16.7. The highest BCUT2D eigenvalue weighted by Gasteiger charge is 2.23. The molecule has 3 atom stereocenters. The minimum atomic E-state index is -0.384. The van der Waals surface area contributed by atoms with Gasteiger partial charge in [-0.3, -0.25) is 0 Å². The second-order valence-electron chi connectivity index (χ2n) is 7.05. The topological polar surface area (TPSA) is 69.7 Å². The van der Waals surface area contributed by atoms with Gasteiger partial charge in [0.25, 0.3) is 0 Å². The van der Waals surface area contributed by atoms with Crippen LogP contribution in [0.3, 0.4) is 0 Å². The summed E-state index contributed by atoms with van der Waals surface area (Å²) in [5, 5.41) is 9.56. The van der Waals surface area contributed by atoms with Crippen molar-refractivity contribution < 1.29 is 28.8 Å². The first kappa shape index (κ1) is 21.9. The Morgan fingerprint density at radius 3 is 1.86 bits per heavy atom. The van der Waals surface area contributed by atoms with Crippen LogP contribution in [-0.2, 0) is 36.9 Å². The van der Waals surface area contributed by atoms with Gasteiger partial charge in [-0.25, -0.2) is 0 Å². The molecule has 0 aromatic heterocycles. The molecule has 2 aromatic rings. The molecule has 1 N–H and O–H groups in total. The Kier molecular flexibility index (Phi) is 9.59. The highest BCUT2D eigenvalue weighted by molar-refractivity contribution is 5.14. The lowest BCUT2D eigenvalue weighted by atomic mass is 10.2. The summed E-state index contributed by atoms with van der Waals surface area (Å²) in [6.07, 6.45) is -0.371. The number of benzene rings is 2. The van der Waals surface area contributed by atoms with Crippen molar-refractivity contribution in [2.45, 2.75) is 31.5 Å². The van der Waals surface area contributed by atoms with Crippen LogP contribution in [-0.4, -0.2) is 63.1 Å². The summed E-state index contributed by atoms with van der Waals surface area (Å²) in [7, 11) is 0. The lowest BCUT2D eigenvalue weighted by Gasteiger charge is -2.21. The average molecular weight is 402 g/mol. The van der Waals surface area contributed by atoms with Crippen molar-refractivity contribution in [3.05, 3.63) is 71.8 Å². The number of aliphatic hydroxyl groups is 1. The molecule has 2 aromatic carbocycles. The number of ether oxygens (including phenoxy) is 5. The standard InChI is InChI=1S/C23H30O6/c24-11-21(27-12-19-7-3-1-4-8-19)14-25-15-22(16-26-17-23-18-29-23)28-13-20-9-5-2-6-10-20/h1-10,21-24H,11-18H2/t21-,22-,23?/m1/s1. The van der Waals surface area contributed by atoms with E-state index in [0.29, 0.717) is 39.6 Å². The molecule has 1 aliphatic rings. The van der Waals surface area contributed by atoms with Gasteiger partial charge in [0.1, 0.15) is 18.3 Å². The van der Waals surface area contributed by atoms with Crippen LogP contribution in [0.15, 0.2) is 60.7 Å². The average Bonchev–Trinajstić information content (AvgIpc) is 3.60. The Bertz CT molecular complexity index is 662. The maximum absolute atomic E-state index is 9.56. The molecule has 158 valence electrons. The molecule has 1 aliphatic heterocycles. The highest BCUT2D eigenvalue weighted by Crippen LogP contribution is 2.10. The number of rotatable bonds is 15. The number of hydrogen-bond donors (Lipinski definition) is 1. The van der Waals surface area contributed by atoms with Crippen LogP contribution < -0.4 is 0 Å². The largest absolute Gasteiger partial charge is 0.394 e. The number of hydrogen-bond acceptors (Lipinski definition) is 6. The fourth-order valence-corrected chi connectivity index (χ4v) is 2.70. The molecule has 0 saturated carbocycles. The monoisotopic (exact) mass is 402 g/mol. The van der Waals surface area contributed by atoms with Crippen molar-refractivity contribution >= 4 is 0 Å². The van der Waals surface area contributed by atoms with Crippen LogP contribution in [0.4, 0.5) is 0 Å². The lowest BCUT2D eigenvalue weighted by molar-refractivity contribution is -0.0959. The van der Waals surface area contributed by atoms with Crippen molar-refractivity contribution in [1.29, 1.82) is 0 Å². The zero-order chi connectivity index (χ0) is 20.2. The molecule has 1 saturated heterocycles. The Hall–Kier alpha value is -1.80. The van der Waals surface area contributed by atoms with Crippen LogP contribution in [0, 0.1) is 0 Å². The molecule has 0 radical (unpaired) electrons. The number of aliphatic hydroxyl groups excluding tert-OH is 1. The first-order chi connectivity index (χ1) is 14.3. The Morgan fingerprint density at radius 1 is 0.793 bits per heavy atom. The van der Waals surface area contributed by atoms with E-state index in [2.05, 4.69) is 0 Å². The molecular formula is C23H30O6. The molecule has 1 heterocycles.